The highest BCUT2D eigenvalue weighted by Crippen LogP contribution is 2.30. The van der Waals surface area contributed by atoms with Crippen LogP contribution in [-0.4, -0.2) is 55.1 Å². The summed E-state index contributed by atoms with van der Waals surface area (Å²) in [6.07, 6.45) is 2.74. The molecule has 2 amide bonds. The standard InChI is InChI=1S/C22H23N5O5S/c1-30-16-6-4-5-15(12-16)26-9-10-27-20(21(26)29)24-25-22(27)33-13-19(28)23-14-7-8-17(31-2)18(11-14)32-3/h4-12,20,24H,13H2,1-3H3,(H,23,28). The van der Waals surface area contributed by atoms with Crippen LogP contribution in [0.2, 0.25) is 0 Å². The second-order valence-electron chi connectivity index (χ2n) is 6.95. The van der Waals surface area contributed by atoms with Crippen molar-refractivity contribution in [2.45, 2.75) is 6.17 Å². The van der Waals surface area contributed by atoms with Gasteiger partial charge in [-0.1, -0.05) is 17.8 Å². The van der Waals surface area contributed by atoms with Crippen LogP contribution in [0.4, 0.5) is 11.4 Å². The lowest BCUT2D eigenvalue weighted by atomic mass is 10.2. The van der Waals surface area contributed by atoms with E-state index in [1.807, 2.05) is 18.2 Å². The molecule has 0 bridgehead atoms. The van der Waals surface area contributed by atoms with Crippen LogP contribution in [0.15, 0.2) is 60.0 Å². The number of thioether (sulfide) groups is 1. The zero-order valence-electron chi connectivity index (χ0n) is 18.3. The van der Waals surface area contributed by atoms with Gasteiger partial charge in [0.1, 0.15) is 5.75 Å². The molecule has 0 spiro atoms. The summed E-state index contributed by atoms with van der Waals surface area (Å²) in [6, 6.07) is 12.4. The van der Waals surface area contributed by atoms with Crippen LogP contribution in [0.1, 0.15) is 0 Å². The van der Waals surface area contributed by atoms with Crippen molar-refractivity contribution in [2.24, 2.45) is 5.10 Å². The number of amidine groups is 1. The van der Waals surface area contributed by atoms with E-state index in [1.165, 1.54) is 23.8 Å². The number of carbonyl (C=O) groups is 2. The largest absolute Gasteiger partial charge is 0.497 e. The van der Waals surface area contributed by atoms with E-state index in [9.17, 15) is 9.59 Å². The lowest BCUT2D eigenvalue weighted by molar-refractivity contribution is -0.122. The third-order valence-electron chi connectivity index (χ3n) is 4.96. The van der Waals surface area contributed by atoms with Crippen LogP contribution < -0.4 is 29.9 Å². The third-order valence-corrected chi connectivity index (χ3v) is 5.93. The number of carbonyl (C=O) groups excluding carboxylic acids is 2. The molecule has 2 heterocycles. The molecular formula is C22H23N5O5S. The number of ether oxygens (including phenoxy) is 3. The van der Waals surface area contributed by atoms with Crippen LogP contribution in [0.3, 0.4) is 0 Å². The summed E-state index contributed by atoms with van der Waals surface area (Å²) >= 11 is 1.22. The highest BCUT2D eigenvalue weighted by Gasteiger charge is 2.38. The molecule has 10 nitrogen and oxygen atoms in total. The zero-order chi connectivity index (χ0) is 23.4. The Bertz CT molecular complexity index is 1120. The van der Waals surface area contributed by atoms with Gasteiger partial charge in [0.15, 0.2) is 16.7 Å². The van der Waals surface area contributed by atoms with Gasteiger partial charge in [0, 0.05) is 30.2 Å². The number of hydrogen-bond acceptors (Lipinski definition) is 9. The topological polar surface area (TPSA) is 105 Å². The number of fused-ring (bicyclic) bond motifs is 1. The average molecular weight is 470 g/mol. The summed E-state index contributed by atoms with van der Waals surface area (Å²) in [6.45, 7) is 0. The molecule has 2 aromatic carbocycles. The number of nitrogens with one attached hydrogen (secondary N) is 2. The number of amides is 2. The number of methoxy groups -OCH3 is 3. The second kappa shape index (κ2) is 9.74. The third kappa shape index (κ3) is 4.67. The van der Waals surface area contributed by atoms with E-state index >= 15 is 0 Å². The van der Waals surface area contributed by atoms with Crippen LogP contribution in [0.5, 0.6) is 17.2 Å². The Morgan fingerprint density at radius 3 is 2.67 bits per heavy atom. The van der Waals surface area contributed by atoms with Gasteiger partial charge in [-0.15, -0.1) is 0 Å². The van der Waals surface area contributed by atoms with Crippen LogP contribution >= 0.6 is 11.8 Å². The molecule has 0 saturated carbocycles. The molecule has 0 fully saturated rings. The molecule has 0 aliphatic carbocycles. The maximum Gasteiger partial charge on any atom is 0.276 e. The van der Waals surface area contributed by atoms with Gasteiger partial charge in [-0.2, -0.15) is 5.10 Å². The smallest absolute Gasteiger partial charge is 0.276 e. The van der Waals surface area contributed by atoms with E-state index in [2.05, 4.69) is 15.8 Å². The van der Waals surface area contributed by atoms with Gasteiger partial charge in [0.05, 0.1) is 32.8 Å². The maximum absolute atomic E-state index is 13.0. The number of nitrogens with zero attached hydrogens (tertiary/aromatic N) is 3. The van der Waals surface area contributed by atoms with Gasteiger partial charge in [-0.25, -0.2) is 0 Å². The average Bonchev–Trinajstić information content (AvgIpc) is 3.27. The predicted molar refractivity (Wildman–Crippen MR) is 126 cm³/mol. The van der Waals surface area contributed by atoms with Crippen molar-refractivity contribution in [1.29, 1.82) is 0 Å². The molecule has 2 aromatic rings. The first-order chi connectivity index (χ1) is 16.0. The van der Waals surface area contributed by atoms with Crippen molar-refractivity contribution in [3.63, 3.8) is 0 Å². The van der Waals surface area contributed by atoms with Gasteiger partial charge in [0.2, 0.25) is 12.1 Å². The van der Waals surface area contributed by atoms with Gasteiger partial charge in [-0.05, 0) is 24.3 Å². The van der Waals surface area contributed by atoms with Gasteiger partial charge in [-0.3, -0.25) is 24.8 Å². The van der Waals surface area contributed by atoms with Crippen molar-refractivity contribution >= 4 is 40.1 Å². The highest BCUT2D eigenvalue weighted by atomic mass is 32.2. The Balaban J connectivity index is 1.37. The number of rotatable bonds is 7. The first-order valence-corrected chi connectivity index (χ1v) is 10.9. The first-order valence-electron chi connectivity index (χ1n) is 9.95. The Morgan fingerprint density at radius 1 is 1.09 bits per heavy atom. The molecule has 1 unspecified atom stereocenters. The summed E-state index contributed by atoms with van der Waals surface area (Å²) in [7, 11) is 4.65. The SMILES string of the molecule is COc1cccc(N2C=CN3C(SCC(=O)Nc4ccc(OC)c(OC)c4)=NNC3C2=O)c1. The second-order valence-corrected chi connectivity index (χ2v) is 7.89. The Morgan fingerprint density at radius 2 is 1.91 bits per heavy atom. The Kier molecular flexibility index (Phi) is 6.59. The number of hydrazone groups is 1. The van der Waals surface area contributed by atoms with Gasteiger partial charge >= 0.3 is 0 Å². The summed E-state index contributed by atoms with van der Waals surface area (Å²) in [5, 5.41) is 7.58. The molecule has 2 N–H and O–H groups in total. The fourth-order valence-electron chi connectivity index (χ4n) is 3.34. The van der Waals surface area contributed by atoms with Crippen molar-refractivity contribution in [2.75, 3.05) is 37.3 Å². The molecule has 11 heteroatoms. The predicted octanol–water partition coefficient (Wildman–Crippen LogP) is 2.40. The number of benzene rings is 2. The molecule has 4 rings (SSSR count). The fourth-order valence-corrected chi connectivity index (χ4v) is 4.10. The van der Waals surface area contributed by atoms with Crippen molar-refractivity contribution in [1.82, 2.24) is 10.3 Å². The van der Waals surface area contributed by atoms with Crippen molar-refractivity contribution in [3.05, 3.63) is 54.9 Å². The minimum absolute atomic E-state index is 0.111. The summed E-state index contributed by atoms with van der Waals surface area (Å²) < 4.78 is 15.7. The molecule has 2 aliphatic heterocycles. The maximum atomic E-state index is 13.0. The lowest BCUT2D eigenvalue weighted by Crippen LogP contribution is -2.52. The van der Waals surface area contributed by atoms with E-state index in [-0.39, 0.29) is 17.6 Å². The monoisotopic (exact) mass is 469 g/mol. The molecule has 0 aromatic heterocycles. The van der Waals surface area contributed by atoms with E-state index in [4.69, 9.17) is 14.2 Å². The normalized spacial score (nSPS) is 16.6. The molecule has 2 aliphatic rings. The lowest BCUT2D eigenvalue weighted by Gasteiger charge is -2.32. The number of hydrogen-bond donors (Lipinski definition) is 2. The number of anilines is 2. The van der Waals surface area contributed by atoms with Crippen LogP contribution in [0.25, 0.3) is 0 Å². The zero-order valence-corrected chi connectivity index (χ0v) is 19.1. The van der Waals surface area contributed by atoms with Crippen molar-refractivity contribution in [3.8, 4) is 17.2 Å². The van der Waals surface area contributed by atoms with Crippen molar-refractivity contribution < 1.29 is 23.8 Å². The highest BCUT2D eigenvalue weighted by molar-refractivity contribution is 8.14. The molecular weight excluding hydrogens is 446 g/mol. The van der Waals surface area contributed by atoms with Crippen LogP contribution in [-0.2, 0) is 9.59 Å². The molecule has 0 saturated heterocycles. The van der Waals surface area contributed by atoms with E-state index in [1.54, 1.807) is 55.8 Å². The van der Waals surface area contributed by atoms with Gasteiger partial charge < -0.3 is 19.5 Å². The fraction of sp³-hybridized carbons (Fsp3) is 0.227. The molecule has 1 atom stereocenters. The summed E-state index contributed by atoms with van der Waals surface area (Å²) in [5.41, 5.74) is 4.12. The Labute approximate surface area is 195 Å². The molecule has 0 radical (unpaired) electrons. The minimum Gasteiger partial charge on any atom is -0.497 e. The first kappa shape index (κ1) is 22.3. The molecule has 33 heavy (non-hydrogen) atoms. The van der Waals surface area contributed by atoms with E-state index in [0.29, 0.717) is 33.8 Å². The summed E-state index contributed by atoms with van der Waals surface area (Å²) in [4.78, 5) is 28.7. The van der Waals surface area contributed by atoms with E-state index in [0.717, 1.165) is 0 Å². The minimum atomic E-state index is -0.683. The van der Waals surface area contributed by atoms with Gasteiger partial charge in [0.25, 0.3) is 5.91 Å². The summed E-state index contributed by atoms with van der Waals surface area (Å²) in [5.74, 6) is 1.45. The quantitative estimate of drug-likeness (QED) is 0.637. The van der Waals surface area contributed by atoms with Crippen LogP contribution in [0, 0.1) is 0 Å². The Hall–Kier alpha value is -3.86. The van der Waals surface area contributed by atoms with E-state index < -0.39 is 6.17 Å². The molecule has 172 valence electrons.